The van der Waals surface area contributed by atoms with Crippen molar-refractivity contribution in [3.63, 3.8) is 0 Å². The molecule has 1 saturated carbocycles. The van der Waals surface area contributed by atoms with Crippen molar-refractivity contribution in [2.75, 3.05) is 6.79 Å². The van der Waals surface area contributed by atoms with E-state index in [2.05, 4.69) is 0 Å². The molecule has 1 aliphatic heterocycles. The van der Waals surface area contributed by atoms with Crippen LogP contribution in [0.25, 0.3) is 0 Å². The van der Waals surface area contributed by atoms with Crippen LogP contribution in [-0.2, 0) is 20.9 Å². The Hall–Kier alpha value is -2.04. The highest BCUT2D eigenvalue weighted by molar-refractivity contribution is 5.84. The monoisotopic (exact) mass is 290 g/mol. The number of fused-ring (bicyclic) bond motifs is 1. The number of carbonyl (C=O) groups is 2. The van der Waals surface area contributed by atoms with E-state index in [9.17, 15) is 9.59 Å². The normalized spacial score (nSPS) is 24.0. The Balaban J connectivity index is 1.55. The summed E-state index contributed by atoms with van der Waals surface area (Å²) in [5.41, 5.74) is 0.868. The molecule has 0 unspecified atom stereocenters. The van der Waals surface area contributed by atoms with Crippen molar-refractivity contribution >= 4 is 11.8 Å². The fraction of sp³-hybridized carbons (Fsp3) is 0.500. The highest BCUT2D eigenvalue weighted by Gasteiger charge is 2.30. The van der Waals surface area contributed by atoms with Gasteiger partial charge in [0.05, 0.1) is 5.92 Å². The van der Waals surface area contributed by atoms with Gasteiger partial charge in [0, 0.05) is 12.3 Å². The van der Waals surface area contributed by atoms with E-state index in [0.29, 0.717) is 30.8 Å². The second kappa shape index (κ2) is 5.76. The lowest BCUT2D eigenvalue weighted by molar-refractivity contribution is -0.152. The van der Waals surface area contributed by atoms with Gasteiger partial charge in [0.1, 0.15) is 12.4 Å². The van der Waals surface area contributed by atoms with Crippen molar-refractivity contribution in [3.8, 4) is 11.5 Å². The van der Waals surface area contributed by atoms with Crippen LogP contribution in [0.4, 0.5) is 0 Å². The van der Waals surface area contributed by atoms with E-state index in [4.69, 9.17) is 14.2 Å². The summed E-state index contributed by atoms with van der Waals surface area (Å²) in [5, 5.41) is 0. The maximum Gasteiger partial charge on any atom is 0.309 e. The first kappa shape index (κ1) is 13.9. The lowest BCUT2D eigenvalue weighted by Crippen LogP contribution is -2.28. The third-order valence-electron chi connectivity index (χ3n) is 4.08. The van der Waals surface area contributed by atoms with E-state index in [-0.39, 0.29) is 37.0 Å². The molecule has 1 aromatic rings. The Labute approximate surface area is 123 Å². The standard InChI is InChI=1S/C16H18O5/c1-10-6-12(3-4-13(10)17)16(18)19-8-11-2-5-14-15(7-11)21-9-20-14/h2,5,7,10,12H,3-4,6,8-9H2,1H3/t10-,12+/m1/s1. The quantitative estimate of drug-likeness (QED) is 0.800. The first-order valence-electron chi connectivity index (χ1n) is 7.21. The molecular weight excluding hydrogens is 272 g/mol. The Morgan fingerprint density at radius 2 is 2.14 bits per heavy atom. The highest BCUT2D eigenvalue weighted by atomic mass is 16.7. The molecule has 1 aromatic carbocycles. The summed E-state index contributed by atoms with van der Waals surface area (Å²) in [7, 11) is 0. The summed E-state index contributed by atoms with van der Waals surface area (Å²) in [6.45, 7) is 2.32. The number of carbonyl (C=O) groups excluding carboxylic acids is 2. The Morgan fingerprint density at radius 1 is 1.33 bits per heavy atom. The summed E-state index contributed by atoms with van der Waals surface area (Å²) < 4.78 is 15.9. The van der Waals surface area contributed by atoms with Crippen molar-refractivity contribution in [3.05, 3.63) is 23.8 Å². The average Bonchev–Trinajstić information content (AvgIpc) is 2.95. The van der Waals surface area contributed by atoms with Crippen LogP contribution in [0.5, 0.6) is 11.5 Å². The largest absolute Gasteiger partial charge is 0.461 e. The number of Topliss-reactive ketones (excluding diaryl/α,β-unsaturated/α-hetero) is 1. The van der Waals surface area contributed by atoms with Gasteiger partial charge in [-0.25, -0.2) is 0 Å². The van der Waals surface area contributed by atoms with Crippen LogP contribution in [0.2, 0.25) is 0 Å². The highest BCUT2D eigenvalue weighted by Crippen LogP contribution is 2.33. The van der Waals surface area contributed by atoms with Gasteiger partial charge in [-0.15, -0.1) is 0 Å². The van der Waals surface area contributed by atoms with Crippen LogP contribution in [0.15, 0.2) is 18.2 Å². The molecule has 1 fully saturated rings. The van der Waals surface area contributed by atoms with E-state index in [1.165, 1.54) is 0 Å². The zero-order valence-corrected chi connectivity index (χ0v) is 12.0. The van der Waals surface area contributed by atoms with Gasteiger partial charge in [-0.2, -0.15) is 0 Å². The van der Waals surface area contributed by atoms with Crippen molar-refractivity contribution in [2.45, 2.75) is 32.8 Å². The van der Waals surface area contributed by atoms with Crippen molar-refractivity contribution < 1.29 is 23.8 Å². The fourth-order valence-electron chi connectivity index (χ4n) is 2.76. The van der Waals surface area contributed by atoms with E-state index in [1.807, 2.05) is 25.1 Å². The van der Waals surface area contributed by atoms with Crippen molar-refractivity contribution in [2.24, 2.45) is 11.8 Å². The topological polar surface area (TPSA) is 61.8 Å². The predicted octanol–water partition coefficient (Wildman–Crippen LogP) is 2.46. The number of benzene rings is 1. The second-order valence-electron chi connectivity index (χ2n) is 5.63. The van der Waals surface area contributed by atoms with E-state index >= 15 is 0 Å². The molecule has 21 heavy (non-hydrogen) atoms. The minimum absolute atomic E-state index is 0.0400. The van der Waals surface area contributed by atoms with E-state index in [1.54, 1.807) is 0 Å². The van der Waals surface area contributed by atoms with Gasteiger partial charge < -0.3 is 14.2 Å². The molecule has 112 valence electrons. The summed E-state index contributed by atoms with van der Waals surface area (Å²) in [6.07, 6.45) is 1.67. The number of hydrogen-bond acceptors (Lipinski definition) is 5. The lowest BCUT2D eigenvalue weighted by atomic mass is 9.81. The lowest BCUT2D eigenvalue weighted by Gasteiger charge is -2.24. The van der Waals surface area contributed by atoms with E-state index < -0.39 is 0 Å². The molecular formula is C16H18O5. The molecule has 0 saturated heterocycles. The van der Waals surface area contributed by atoms with Gasteiger partial charge >= 0.3 is 5.97 Å². The Kier molecular flexibility index (Phi) is 3.82. The van der Waals surface area contributed by atoms with Crippen molar-refractivity contribution in [1.29, 1.82) is 0 Å². The van der Waals surface area contributed by atoms with Crippen LogP contribution in [0.3, 0.4) is 0 Å². The molecule has 0 amide bonds. The van der Waals surface area contributed by atoms with Crippen LogP contribution in [-0.4, -0.2) is 18.5 Å². The molecule has 0 radical (unpaired) electrons. The smallest absolute Gasteiger partial charge is 0.309 e. The summed E-state index contributed by atoms with van der Waals surface area (Å²) in [4.78, 5) is 23.5. The Morgan fingerprint density at radius 3 is 2.95 bits per heavy atom. The van der Waals surface area contributed by atoms with Gasteiger partial charge in [0.15, 0.2) is 11.5 Å². The van der Waals surface area contributed by atoms with Crippen LogP contribution in [0.1, 0.15) is 31.7 Å². The molecule has 0 spiro atoms. The molecule has 2 aliphatic rings. The van der Waals surface area contributed by atoms with E-state index in [0.717, 1.165) is 5.56 Å². The molecule has 0 N–H and O–H groups in total. The molecule has 5 heteroatoms. The summed E-state index contributed by atoms with van der Waals surface area (Å²) >= 11 is 0. The SMILES string of the molecule is C[C@@H]1C[C@@H](C(=O)OCc2ccc3c(c2)OCO3)CCC1=O. The maximum atomic E-state index is 12.1. The number of ketones is 1. The molecule has 3 rings (SSSR count). The maximum absolute atomic E-state index is 12.1. The van der Waals surface area contributed by atoms with Gasteiger partial charge in [-0.05, 0) is 30.5 Å². The molecule has 5 nitrogen and oxygen atoms in total. The molecule has 0 bridgehead atoms. The number of hydrogen-bond donors (Lipinski definition) is 0. The van der Waals surface area contributed by atoms with Crippen LogP contribution >= 0.6 is 0 Å². The first-order valence-corrected chi connectivity index (χ1v) is 7.21. The van der Waals surface area contributed by atoms with Gasteiger partial charge in [-0.1, -0.05) is 13.0 Å². The zero-order chi connectivity index (χ0) is 14.8. The number of ether oxygens (including phenoxy) is 3. The number of esters is 1. The van der Waals surface area contributed by atoms with Crippen molar-refractivity contribution in [1.82, 2.24) is 0 Å². The summed E-state index contributed by atoms with van der Waals surface area (Å²) in [6, 6.07) is 5.49. The van der Waals surface area contributed by atoms with Gasteiger partial charge in [0.25, 0.3) is 0 Å². The van der Waals surface area contributed by atoms with Gasteiger partial charge in [0.2, 0.25) is 6.79 Å². The number of rotatable bonds is 3. The molecule has 0 aromatic heterocycles. The predicted molar refractivity (Wildman–Crippen MR) is 73.9 cm³/mol. The van der Waals surface area contributed by atoms with Gasteiger partial charge in [-0.3, -0.25) is 9.59 Å². The second-order valence-corrected chi connectivity index (χ2v) is 5.63. The molecule has 1 heterocycles. The zero-order valence-electron chi connectivity index (χ0n) is 12.0. The minimum atomic E-state index is -0.216. The average molecular weight is 290 g/mol. The fourth-order valence-corrected chi connectivity index (χ4v) is 2.76. The molecule has 1 aliphatic carbocycles. The third-order valence-corrected chi connectivity index (χ3v) is 4.08. The van der Waals surface area contributed by atoms with Crippen LogP contribution < -0.4 is 9.47 Å². The summed E-state index contributed by atoms with van der Waals surface area (Å²) in [5.74, 6) is 1.22. The minimum Gasteiger partial charge on any atom is -0.461 e. The molecule has 2 atom stereocenters. The first-order chi connectivity index (χ1) is 10.1. The Bertz CT molecular complexity index is 566. The third kappa shape index (κ3) is 3.01. The van der Waals surface area contributed by atoms with Crippen LogP contribution in [0, 0.1) is 11.8 Å².